The molecule has 1 atom stereocenters. The molecule has 174 valence electrons. The average Bonchev–Trinajstić information content (AvgIpc) is 2.80. The summed E-state index contributed by atoms with van der Waals surface area (Å²) in [6.45, 7) is 4.04. The van der Waals surface area contributed by atoms with Gasteiger partial charge in [-0.05, 0) is 68.1 Å². The Morgan fingerprint density at radius 2 is 2.03 bits per heavy atom. The molecular formula is C26H35N6O+. The summed E-state index contributed by atoms with van der Waals surface area (Å²) in [6, 6.07) is 13.5. The minimum Gasteiger partial charge on any atom is -0.399 e. The van der Waals surface area contributed by atoms with Crippen LogP contribution in [0, 0.1) is 18.8 Å². The molecule has 7 heteroatoms. The van der Waals surface area contributed by atoms with E-state index in [2.05, 4.69) is 22.9 Å². The van der Waals surface area contributed by atoms with Crippen LogP contribution in [0.3, 0.4) is 0 Å². The van der Waals surface area contributed by atoms with Gasteiger partial charge in [-0.1, -0.05) is 17.9 Å². The van der Waals surface area contributed by atoms with E-state index in [-0.39, 0.29) is 6.10 Å². The molecular weight excluding hydrogens is 412 g/mol. The number of hydrazine groups is 1. The molecule has 1 heterocycles. The number of quaternary nitrogens is 1. The molecule has 1 unspecified atom stereocenters. The monoisotopic (exact) mass is 447 g/mol. The molecule has 0 spiro atoms. The maximum absolute atomic E-state index is 6.28. The van der Waals surface area contributed by atoms with E-state index in [0.29, 0.717) is 17.9 Å². The lowest BCUT2D eigenvalue weighted by atomic mass is 10.0. The summed E-state index contributed by atoms with van der Waals surface area (Å²) in [5.74, 6) is 12.3. The molecule has 1 aliphatic heterocycles. The van der Waals surface area contributed by atoms with Crippen LogP contribution in [-0.2, 0) is 4.74 Å². The van der Waals surface area contributed by atoms with Gasteiger partial charge in [0.2, 0.25) is 0 Å². The van der Waals surface area contributed by atoms with Gasteiger partial charge in [0.05, 0.1) is 24.5 Å². The standard InChI is InChI=1S/C26H34N6O/c1-19-15-20(5-4-13-32(30)18-26(29)21-8-10-22(27)11-9-21)7-12-24(19)25(28)17-31-16-23-6-2-3-14-33-23/h7-12,15,17-18,23,31H,2-3,6,13-14,16,27-30H2,1H3/p+1/b25-17-,26-18-. The van der Waals surface area contributed by atoms with E-state index in [9.17, 15) is 0 Å². The number of anilines is 1. The van der Waals surface area contributed by atoms with Gasteiger partial charge in [-0.15, -0.1) is 0 Å². The Labute approximate surface area is 196 Å². The number of nitrogen functional groups attached to an aromatic ring is 1. The van der Waals surface area contributed by atoms with Crippen LogP contribution in [0.2, 0.25) is 0 Å². The van der Waals surface area contributed by atoms with Crippen LogP contribution >= 0.6 is 0 Å². The van der Waals surface area contributed by atoms with Gasteiger partial charge in [0, 0.05) is 41.7 Å². The number of hydrogen-bond acceptors (Lipinski definition) is 6. The Balaban J connectivity index is 1.54. The van der Waals surface area contributed by atoms with Crippen molar-refractivity contribution in [3.63, 3.8) is 0 Å². The smallest absolute Gasteiger partial charge is 0.152 e. The van der Waals surface area contributed by atoms with Crippen molar-refractivity contribution < 1.29 is 10.5 Å². The summed E-state index contributed by atoms with van der Waals surface area (Å²) in [7, 11) is 0. The minimum absolute atomic E-state index is 0.268. The molecule has 0 saturated carbocycles. The highest BCUT2D eigenvalue weighted by molar-refractivity contribution is 5.66. The fraction of sp³-hybridized carbons (Fsp3) is 0.308. The molecule has 2 aromatic carbocycles. The van der Waals surface area contributed by atoms with Crippen molar-refractivity contribution in [3.05, 3.63) is 77.1 Å². The summed E-state index contributed by atoms with van der Waals surface area (Å²) in [4.78, 5) is 0. The Morgan fingerprint density at radius 1 is 1.24 bits per heavy atom. The van der Waals surface area contributed by atoms with Crippen molar-refractivity contribution in [2.45, 2.75) is 32.3 Å². The summed E-state index contributed by atoms with van der Waals surface area (Å²) < 4.78 is 5.74. The van der Waals surface area contributed by atoms with Gasteiger partial charge in [-0.3, -0.25) is 0 Å². The number of rotatable bonds is 7. The Kier molecular flexibility index (Phi) is 8.79. The van der Waals surface area contributed by atoms with Crippen molar-refractivity contribution in [1.29, 1.82) is 0 Å². The largest absolute Gasteiger partial charge is 0.399 e. The van der Waals surface area contributed by atoms with Gasteiger partial charge in [0.25, 0.3) is 0 Å². The predicted octanol–water partition coefficient (Wildman–Crippen LogP) is 1.76. The molecule has 0 amide bonds. The quantitative estimate of drug-likeness (QED) is 0.190. The van der Waals surface area contributed by atoms with Crippen LogP contribution in [-0.4, -0.2) is 30.8 Å². The first-order valence-corrected chi connectivity index (χ1v) is 11.2. The second kappa shape index (κ2) is 12.0. The number of ether oxygens (including phenoxy) is 1. The molecule has 1 saturated heterocycles. The summed E-state index contributed by atoms with van der Waals surface area (Å²) in [5.41, 5.74) is 22.2. The first-order valence-electron chi connectivity index (χ1n) is 11.2. The Hall–Kier alpha value is -3.44. The zero-order valence-electron chi connectivity index (χ0n) is 19.3. The van der Waals surface area contributed by atoms with Crippen molar-refractivity contribution in [3.8, 4) is 11.8 Å². The van der Waals surface area contributed by atoms with E-state index >= 15 is 0 Å². The van der Waals surface area contributed by atoms with Crippen molar-refractivity contribution >= 4 is 17.1 Å². The van der Waals surface area contributed by atoms with Gasteiger partial charge in [-0.2, -0.15) is 0 Å². The third kappa shape index (κ3) is 7.58. The lowest BCUT2D eigenvalue weighted by Crippen LogP contribution is -2.47. The number of nitrogens with one attached hydrogen (secondary N) is 1. The summed E-state index contributed by atoms with van der Waals surface area (Å²) in [6.07, 6.45) is 7.38. The lowest BCUT2D eigenvalue weighted by molar-refractivity contribution is -0.245. The van der Waals surface area contributed by atoms with Crippen LogP contribution < -0.4 is 28.4 Å². The topological polar surface area (TPSA) is 130 Å². The summed E-state index contributed by atoms with van der Waals surface area (Å²) in [5, 5.41) is 4.82. The molecule has 1 fully saturated rings. The van der Waals surface area contributed by atoms with Crippen molar-refractivity contribution in [1.82, 2.24) is 10.3 Å². The fourth-order valence-corrected chi connectivity index (χ4v) is 3.66. The van der Waals surface area contributed by atoms with Crippen molar-refractivity contribution in [2.75, 3.05) is 25.4 Å². The van der Waals surface area contributed by atoms with E-state index in [0.717, 1.165) is 53.9 Å². The average molecular weight is 448 g/mol. The van der Waals surface area contributed by atoms with Gasteiger partial charge in [-0.25, -0.2) is 5.84 Å². The number of benzene rings is 2. The van der Waals surface area contributed by atoms with E-state index in [1.807, 2.05) is 55.6 Å². The molecule has 0 bridgehead atoms. The highest BCUT2D eigenvalue weighted by atomic mass is 16.5. The van der Waals surface area contributed by atoms with Gasteiger partial charge in [0.1, 0.15) is 0 Å². The third-order valence-corrected chi connectivity index (χ3v) is 5.51. The van der Waals surface area contributed by atoms with E-state index in [4.69, 9.17) is 22.0 Å². The first-order chi connectivity index (χ1) is 15.9. The molecule has 1 aliphatic rings. The third-order valence-electron chi connectivity index (χ3n) is 5.51. The van der Waals surface area contributed by atoms with E-state index in [1.165, 1.54) is 11.4 Å². The lowest BCUT2D eigenvalue weighted by Gasteiger charge is -2.22. The second-order valence-corrected chi connectivity index (χ2v) is 8.28. The van der Waals surface area contributed by atoms with Crippen LogP contribution in [0.4, 0.5) is 5.69 Å². The van der Waals surface area contributed by atoms with Crippen LogP contribution in [0.1, 0.15) is 41.5 Å². The van der Waals surface area contributed by atoms with Crippen LogP contribution in [0.5, 0.6) is 0 Å². The SMILES string of the molecule is Cc1cc(C#CCN(N)/C=C(\[NH3+])c2ccc(N)cc2)ccc1/C(N)=C/NCC1CCCCO1. The van der Waals surface area contributed by atoms with Crippen molar-refractivity contribution in [2.24, 2.45) is 11.6 Å². The molecule has 7 nitrogen and oxygen atoms in total. The van der Waals surface area contributed by atoms with Crippen LogP contribution in [0.15, 0.2) is 54.9 Å². The zero-order chi connectivity index (χ0) is 23.6. The maximum atomic E-state index is 6.28. The van der Waals surface area contributed by atoms with E-state index < -0.39 is 0 Å². The molecule has 33 heavy (non-hydrogen) atoms. The summed E-state index contributed by atoms with van der Waals surface area (Å²) >= 11 is 0. The first kappa shape index (κ1) is 24.2. The zero-order valence-corrected chi connectivity index (χ0v) is 19.3. The van der Waals surface area contributed by atoms with Crippen LogP contribution in [0.25, 0.3) is 11.4 Å². The fourth-order valence-electron chi connectivity index (χ4n) is 3.66. The number of hydrogen-bond donors (Lipinski definition) is 5. The van der Waals surface area contributed by atoms with Gasteiger partial charge in [0.15, 0.2) is 5.70 Å². The second-order valence-electron chi connectivity index (χ2n) is 8.28. The number of nitrogens with two attached hydrogens (primary N) is 3. The van der Waals surface area contributed by atoms with Gasteiger partial charge < -0.3 is 32.3 Å². The molecule has 0 aliphatic carbocycles. The highest BCUT2D eigenvalue weighted by Crippen LogP contribution is 2.16. The Bertz CT molecular complexity index is 1040. The van der Waals surface area contributed by atoms with E-state index in [1.54, 1.807) is 6.20 Å². The minimum atomic E-state index is 0.268. The predicted molar refractivity (Wildman–Crippen MR) is 134 cm³/mol. The molecule has 3 rings (SSSR count). The van der Waals surface area contributed by atoms with Gasteiger partial charge >= 0.3 is 0 Å². The number of nitrogens with zero attached hydrogens (tertiary/aromatic N) is 1. The molecule has 10 N–H and O–H groups in total. The number of aryl methyl sites for hydroxylation is 1. The highest BCUT2D eigenvalue weighted by Gasteiger charge is 2.12. The Morgan fingerprint density at radius 3 is 2.73 bits per heavy atom. The molecule has 2 aromatic rings. The molecule has 0 radical (unpaired) electrons. The maximum Gasteiger partial charge on any atom is 0.152 e. The molecule has 0 aromatic heterocycles. The normalized spacial score (nSPS) is 16.6.